The molecule has 1 aliphatic rings. The van der Waals surface area contributed by atoms with Gasteiger partial charge in [0.15, 0.2) is 17.0 Å². The van der Waals surface area contributed by atoms with Crippen LogP contribution >= 0.6 is 0 Å². The van der Waals surface area contributed by atoms with Gasteiger partial charge in [0.25, 0.3) is 0 Å². The van der Waals surface area contributed by atoms with Gasteiger partial charge >= 0.3 is 5.97 Å². The number of aromatic nitrogens is 6. The van der Waals surface area contributed by atoms with Crippen LogP contribution < -0.4 is 4.90 Å². The number of aryl methyl sites for hydroxylation is 1. The van der Waals surface area contributed by atoms with E-state index in [9.17, 15) is 4.79 Å². The number of para-hydroxylation sites is 2. The minimum absolute atomic E-state index is 0.250. The van der Waals surface area contributed by atoms with Crippen LogP contribution in [0.15, 0.2) is 30.6 Å². The maximum atomic E-state index is 11.2. The third kappa shape index (κ3) is 3.59. The van der Waals surface area contributed by atoms with Gasteiger partial charge < -0.3 is 18.9 Å². The van der Waals surface area contributed by atoms with Crippen molar-refractivity contribution in [3.8, 4) is 5.82 Å². The highest BCUT2D eigenvalue weighted by Gasteiger charge is 2.22. The van der Waals surface area contributed by atoms with Gasteiger partial charge in [0.2, 0.25) is 5.95 Å². The molecule has 0 spiro atoms. The number of benzene rings is 1. The number of carbonyl (C=O) groups excluding carboxylic acids is 1. The molecule has 1 saturated heterocycles. The predicted molar refractivity (Wildman–Crippen MR) is 114 cm³/mol. The van der Waals surface area contributed by atoms with E-state index in [1.54, 1.807) is 6.33 Å². The Morgan fingerprint density at radius 1 is 1.16 bits per heavy atom. The quantitative estimate of drug-likeness (QED) is 0.450. The first-order valence-electron chi connectivity index (χ1n) is 10.2. The molecule has 1 aliphatic heterocycles. The van der Waals surface area contributed by atoms with Crippen LogP contribution in [0.1, 0.15) is 12.7 Å². The van der Waals surface area contributed by atoms with Crippen molar-refractivity contribution in [3.63, 3.8) is 0 Å². The van der Waals surface area contributed by atoms with Crippen LogP contribution in [0.3, 0.4) is 0 Å². The molecule has 0 saturated carbocycles. The first kappa shape index (κ1) is 19.4. The molecule has 0 N–H and O–H groups in total. The van der Waals surface area contributed by atoms with E-state index in [0.29, 0.717) is 42.7 Å². The largest absolute Gasteiger partial charge is 0.464 e. The van der Waals surface area contributed by atoms with Gasteiger partial charge in [-0.3, -0.25) is 9.36 Å². The highest BCUT2D eigenvalue weighted by Crippen LogP contribution is 2.27. The molecule has 0 atom stereocenters. The zero-order valence-corrected chi connectivity index (χ0v) is 17.5. The summed E-state index contributed by atoms with van der Waals surface area (Å²) in [6, 6.07) is 7.96. The summed E-state index contributed by atoms with van der Waals surface area (Å²) in [7, 11) is 0. The number of hydrogen-bond acceptors (Lipinski definition) is 8. The lowest BCUT2D eigenvalue weighted by atomic mass is 10.3. The highest BCUT2D eigenvalue weighted by atomic mass is 16.5. The molecule has 4 aromatic rings. The van der Waals surface area contributed by atoms with Crippen molar-refractivity contribution >= 4 is 34.1 Å². The fourth-order valence-electron chi connectivity index (χ4n) is 3.84. The van der Waals surface area contributed by atoms with Crippen molar-refractivity contribution in [1.29, 1.82) is 0 Å². The second-order valence-electron chi connectivity index (χ2n) is 7.38. The van der Waals surface area contributed by atoms with Crippen LogP contribution in [0.2, 0.25) is 0 Å². The first-order valence-corrected chi connectivity index (χ1v) is 10.2. The van der Waals surface area contributed by atoms with Gasteiger partial charge in [0, 0.05) is 20.0 Å². The average molecular weight is 421 g/mol. The molecule has 0 bridgehead atoms. The third-order valence-corrected chi connectivity index (χ3v) is 5.31. The summed E-state index contributed by atoms with van der Waals surface area (Å²) in [6.07, 6.45) is 1.71. The van der Waals surface area contributed by atoms with Gasteiger partial charge in [-0.15, -0.1) is 0 Å². The van der Waals surface area contributed by atoms with Gasteiger partial charge in [-0.2, -0.15) is 9.97 Å². The molecular weight excluding hydrogens is 398 g/mol. The number of esters is 1. The normalized spacial score (nSPS) is 14.5. The van der Waals surface area contributed by atoms with Crippen molar-refractivity contribution in [2.45, 2.75) is 20.4 Å². The summed E-state index contributed by atoms with van der Waals surface area (Å²) >= 11 is 0. The van der Waals surface area contributed by atoms with E-state index >= 15 is 0 Å². The van der Waals surface area contributed by atoms with Crippen LogP contribution in [-0.2, 0) is 20.8 Å². The van der Waals surface area contributed by atoms with Crippen LogP contribution in [0.25, 0.3) is 28.0 Å². The van der Waals surface area contributed by atoms with Crippen LogP contribution in [0.5, 0.6) is 0 Å². The van der Waals surface area contributed by atoms with E-state index in [1.807, 2.05) is 40.3 Å². The van der Waals surface area contributed by atoms with Gasteiger partial charge in [-0.25, -0.2) is 9.97 Å². The number of nitrogens with zero attached hydrogens (tertiary/aromatic N) is 7. The molecule has 31 heavy (non-hydrogen) atoms. The SMILES string of the molecule is CC(=O)OCCn1cnc2c(-n3c(C)nc4ccccc43)nc(N3CCOCC3)nc21. The molecule has 0 aliphatic carbocycles. The molecule has 160 valence electrons. The molecule has 1 aromatic carbocycles. The Morgan fingerprint density at radius 3 is 2.77 bits per heavy atom. The number of morpholine rings is 1. The van der Waals surface area contributed by atoms with Crippen molar-refractivity contribution < 1.29 is 14.3 Å². The molecule has 0 radical (unpaired) electrons. The Kier molecular flexibility index (Phi) is 4.99. The summed E-state index contributed by atoms with van der Waals surface area (Å²) in [5, 5.41) is 0. The van der Waals surface area contributed by atoms with Gasteiger partial charge in [-0.05, 0) is 19.1 Å². The van der Waals surface area contributed by atoms with E-state index in [0.717, 1.165) is 29.9 Å². The number of fused-ring (bicyclic) bond motifs is 2. The zero-order valence-electron chi connectivity index (χ0n) is 17.5. The van der Waals surface area contributed by atoms with Crippen molar-refractivity contribution in [2.24, 2.45) is 0 Å². The second-order valence-corrected chi connectivity index (χ2v) is 7.38. The molecule has 3 aromatic heterocycles. The lowest BCUT2D eigenvalue weighted by molar-refractivity contribution is -0.141. The Labute approximate surface area is 178 Å². The van der Waals surface area contributed by atoms with Crippen LogP contribution in [-0.4, -0.2) is 67.9 Å². The fraction of sp³-hybridized carbons (Fsp3) is 0.381. The van der Waals surface area contributed by atoms with Gasteiger partial charge in [0.05, 0.1) is 37.1 Å². The van der Waals surface area contributed by atoms with Crippen LogP contribution in [0.4, 0.5) is 5.95 Å². The maximum Gasteiger partial charge on any atom is 0.302 e. The monoisotopic (exact) mass is 421 g/mol. The first-order chi connectivity index (χ1) is 15.1. The fourth-order valence-corrected chi connectivity index (χ4v) is 3.84. The molecule has 10 heteroatoms. The molecule has 4 heterocycles. The molecular formula is C21H23N7O3. The van der Waals surface area contributed by atoms with Gasteiger partial charge in [0.1, 0.15) is 12.4 Å². The van der Waals surface area contributed by atoms with E-state index in [1.165, 1.54) is 6.92 Å². The smallest absolute Gasteiger partial charge is 0.302 e. The van der Waals surface area contributed by atoms with Gasteiger partial charge in [-0.1, -0.05) is 12.1 Å². The number of hydrogen-bond donors (Lipinski definition) is 0. The summed E-state index contributed by atoms with van der Waals surface area (Å²) in [6.45, 7) is 6.77. The Morgan fingerprint density at radius 2 is 1.97 bits per heavy atom. The summed E-state index contributed by atoms with van der Waals surface area (Å²) in [5.41, 5.74) is 3.22. The summed E-state index contributed by atoms with van der Waals surface area (Å²) in [5.74, 6) is 1.82. The van der Waals surface area contributed by atoms with E-state index in [2.05, 4.69) is 9.88 Å². The zero-order chi connectivity index (χ0) is 21.4. The Bertz CT molecular complexity index is 1260. The standard InChI is InChI=1S/C21H23N7O3/c1-14-23-16-5-3-4-6-17(16)28(14)20-18-19(27(13-22-18)9-12-31-15(2)29)24-21(25-20)26-7-10-30-11-8-26/h3-6,13H,7-12H2,1-2H3. The molecule has 1 fully saturated rings. The maximum absolute atomic E-state index is 11.2. The Balaban J connectivity index is 1.68. The number of imidazole rings is 2. The Hall–Kier alpha value is -3.53. The number of carbonyl (C=O) groups is 1. The number of anilines is 1. The minimum atomic E-state index is -0.311. The topological polar surface area (TPSA) is 100 Å². The lowest BCUT2D eigenvalue weighted by Gasteiger charge is -2.27. The summed E-state index contributed by atoms with van der Waals surface area (Å²) < 4.78 is 14.5. The van der Waals surface area contributed by atoms with E-state index < -0.39 is 0 Å². The van der Waals surface area contributed by atoms with Crippen molar-refractivity contribution in [1.82, 2.24) is 29.1 Å². The predicted octanol–water partition coefficient (Wildman–Crippen LogP) is 1.87. The molecule has 0 amide bonds. The number of rotatable bonds is 5. The summed E-state index contributed by atoms with van der Waals surface area (Å²) in [4.78, 5) is 32.3. The van der Waals surface area contributed by atoms with E-state index in [4.69, 9.17) is 24.4 Å². The third-order valence-electron chi connectivity index (χ3n) is 5.31. The average Bonchev–Trinajstić information content (AvgIpc) is 3.33. The number of ether oxygens (including phenoxy) is 2. The van der Waals surface area contributed by atoms with Crippen molar-refractivity contribution in [3.05, 3.63) is 36.4 Å². The van der Waals surface area contributed by atoms with E-state index in [-0.39, 0.29) is 12.6 Å². The molecule has 5 rings (SSSR count). The van der Waals surface area contributed by atoms with Crippen molar-refractivity contribution in [2.75, 3.05) is 37.8 Å². The second kappa shape index (κ2) is 7.95. The minimum Gasteiger partial charge on any atom is -0.464 e. The highest BCUT2D eigenvalue weighted by molar-refractivity contribution is 5.85. The molecule has 0 unspecified atom stereocenters. The molecule has 10 nitrogen and oxygen atoms in total. The van der Waals surface area contributed by atoms with Crippen LogP contribution in [0, 0.1) is 6.92 Å². The lowest BCUT2D eigenvalue weighted by Crippen LogP contribution is -2.37.